The topological polar surface area (TPSA) is 21.3 Å². The Kier molecular flexibility index (Phi) is 4.66. The Morgan fingerprint density at radius 1 is 1.28 bits per heavy atom. The van der Waals surface area contributed by atoms with Crippen LogP contribution >= 0.6 is 0 Å². The molecular weight excluding hydrogens is 236 g/mol. The quantitative estimate of drug-likeness (QED) is 0.893. The van der Waals surface area contributed by atoms with Gasteiger partial charge in [-0.25, -0.2) is 8.78 Å². The monoisotopic (exact) mass is 255 g/mol. The maximum Gasteiger partial charge on any atom is 0.129 e. The lowest BCUT2D eigenvalue weighted by molar-refractivity contribution is 0.181. The highest BCUT2D eigenvalue weighted by atomic mass is 19.1. The minimum atomic E-state index is -0.378. The summed E-state index contributed by atoms with van der Waals surface area (Å²) in [4.78, 5) is 0. The molecule has 1 N–H and O–H groups in total. The Morgan fingerprint density at radius 2 is 2.00 bits per heavy atom. The number of benzene rings is 1. The summed E-state index contributed by atoms with van der Waals surface area (Å²) in [5.74, 6) is -0.299. The molecule has 0 spiro atoms. The van der Waals surface area contributed by atoms with Crippen LogP contribution < -0.4 is 5.32 Å². The second-order valence-corrected chi connectivity index (χ2v) is 4.88. The third kappa shape index (κ3) is 3.27. The zero-order chi connectivity index (χ0) is 13.0. The normalized spacial score (nSPS) is 20.1. The van der Waals surface area contributed by atoms with Crippen LogP contribution in [0.25, 0.3) is 0 Å². The van der Waals surface area contributed by atoms with Crippen molar-refractivity contribution in [2.24, 2.45) is 5.92 Å². The molecule has 1 aromatic carbocycles. The van der Waals surface area contributed by atoms with Gasteiger partial charge in [0.2, 0.25) is 0 Å². The summed E-state index contributed by atoms with van der Waals surface area (Å²) >= 11 is 0. The van der Waals surface area contributed by atoms with Crippen molar-refractivity contribution >= 4 is 0 Å². The van der Waals surface area contributed by atoms with Crippen LogP contribution in [0.1, 0.15) is 24.0 Å². The molecule has 1 saturated heterocycles. The van der Waals surface area contributed by atoms with Crippen LogP contribution in [0.3, 0.4) is 0 Å². The lowest BCUT2D eigenvalue weighted by Gasteiger charge is -2.23. The fraction of sp³-hybridized carbons (Fsp3) is 0.571. The molecule has 100 valence electrons. The van der Waals surface area contributed by atoms with Gasteiger partial charge in [-0.05, 0) is 56.0 Å². The zero-order valence-electron chi connectivity index (χ0n) is 10.6. The van der Waals surface area contributed by atoms with Crippen molar-refractivity contribution in [3.8, 4) is 0 Å². The SMILES string of the molecule is COCc1cc(F)c(CC2CCCNC2)cc1F. The van der Waals surface area contributed by atoms with Gasteiger partial charge in [-0.2, -0.15) is 0 Å². The van der Waals surface area contributed by atoms with E-state index in [1.165, 1.54) is 19.2 Å². The summed E-state index contributed by atoms with van der Waals surface area (Å²) in [5, 5.41) is 3.28. The molecule has 1 fully saturated rings. The average Bonchev–Trinajstić information content (AvgIpc) is 2.37. The molecule has 2 nitrogen and oxygen atoms in total. The van der Waals surface area contributed by atoms with E-state index in [4.69, 9.17) is 4.74 Å². The first-order valence-corrected chi connectivity index (χ1v) is 6.37. The van der Waals surface area contributed by atoms with Crippen LogP contribution in [0, 0.1) is 17.6 Å². The van der Waals surface area contributed by atoms with Crippen molar-refractivity contribution in [3.63, 3.8) is 0 Å². The summed E-state index contributed by atoms with van der Waals surface area (Å²) in [6, 6.07) is 2.57. The number of methoxy groups -OCH3 is 1. The first-order valence-electron chi connectivity index (χ1n) is 6.37. The summed E-state index contributed by atoms with van der Waals surface area (Å²) < 4.78 is 32.4. The number of rotatable bonds is 4. The van der Waals surface area contributed by atoms with Crippen LogP contribution in [-0.2, 0) is 17.8 Å². The fourth-order valence-corrected chi connectivity index (χ4v) is 2.46. The van der Waals surface area contributed by atoms with Crippen molar-refractivity contribution in [1.29, 1.82) is 0 Å². The molecule has 0 radical (unpaired) electrons. The molecule has 1 aromatic rings. The Hall–Kier alpha value is -1.00. The summed E-state index contributed by atoms with van der Waals surface area (Å²) in [6.07, 6.45) is 2.79. The molecule has 18 heavy (non-hydrogen) atoms. The molecule has 0 aromatic heterocycles. The number of ether oxygens (including phenoxy) is 1. The van der Waals surface area contributed by atoms with Crippen LogP contribution in [0.2, 0.25) is 0 Å². The van der Waals surface area contributed by atoms with Gasteiger partial charge in [-0.1, -0.05) is 0 Å². The van der Waals surface area contributed by atoms with Gasteiger partial charge in [-0.3, -0.25) is 0 Å². The number of hydrogen-bond donors (Lipinski definition) is 1. The largest absolute Gasteiger partial charge is 0.380 e. The van der Waals surface area contributed by atoms with Crippen LogP contribution in [-0.4, -0.2) is 20.2 Å². The molecule has 0 amide bonds. The van der Waals surface area contributed by atoms with Gasteiger partial charge in [0.05, 0.1) is 6.61 Å². The highest BCUT2D eigenvalue weighted by Crippen LogP contribution is 2.21. The summed E-state index contributed by atoms with van der Waals surface area (Å²) in [5.41, 5.74) is 0.751. The third-order valence-electron chi connectivity index (χ3n) is 3.42. The minimum absolute atomic E-state index is 0.105. The van der Waals surface area contributed by atoms with Gasteiger partial charge in [0.25, 0.3) is 0 Å². The lowest BCUT2D eigenvalue weighted by atomic mass is 9.91. The number of hydrogen-bond acceptors (Lipinski definition) is 2. The molecular formula is C14H19F2NO. The standard InChI is InChI=1S/C14H19F2NO/c1-18-9-12-7-13(15)11(6-14(12)16)5-10-3-2-4-17-8-10/h6-7,10,17H,2-5,8-9H2,1H3. The second-order valence-electron chi connectivity index (χ2n) is 4.88. The number of piperidine rings is 1. The van der Waals surface area contributed by atoms with Crippen LogP contribution in [0.15, 0.2) is 12.1 Å². The Balaban J connectivity index is 2.10. The highest BCUT2D eigenvalue weighted by Gasteiger charge is 2.17. The minimum Gasteiger partial charge on any atom is -0.380 e. The molecule has 1 aliphatic rings. The van der Waals surface area contributed by atoms with Crippen molar-refractivity contribution in [1.82, 2.24) is 5.32 Å². The molecule has 0 aliphatic carbocycles. The second kappa shape index (κ2) is 6.25. The van der Waals surface area contributed by atoms with Crippen molar-refractivity contribution < 1.29 is 13.5 Å². The van der Waals surface area contributed by atoms with Crippen molar-refractivity contribution in [2.45, 2.75) is 25.9 Å². The molecule has 1 atom stereocenters. The van der Waals surface area contributed by atoms with Gasteiger partial charge >= 0.3 is 0 Å². The van der Waals surface area contributed by atoms with E-state index in [9.17, 15) is 8.78 Å². The molecule has 0 saturated carbocycles. The van der Waals surface area contributed by atoms with Gasteiger partial charge in [0, 0.05) is 12.7 Å². The summed E-state index contributed by atoms with van der Waals surface area (Å²) in [6.45, 7) is 2.02. The first kappa shape index (κ1) is 13.4. The Labute approximate surface area is 106 Å². The predicted octanol–water partition coefficient (Wildman–Crippen LogP) is 2.65. The van der Waals surface area contributed by atoms with E-state index in [0.29, 0.717) is 17.9 Å². The fourth-order valence-electron chi connectivity index (χ4n) is 2.46. The van der Waals surface area contributed by atoms with E-state index in [1.807, 2.05) is 0 Å². The summed E-state index contributed by atoms with van der Waals surface area (Å²) in [7, 11) is 1.47. The Morgan fingerprint density at radius 3 is 2.67 bits per heavy atom. The van der Waals surface area contributed by atoms with Crippen molar-refractivity contribution in [3.05, 3.63) is 34.9 Å². The van der Waals surface area contributed by atoms with Gasteiger partial charge in [0.15, 0.2) is 0 Å². The van der Waals surface area contributed by atoms with Crippen molar-refractivity contribution in [2.75, 3.05) is 20.2 Å². The smallest absolute Gasteiger partial charge is 0.129 e. The molecule has 1 unspecified atom stereocenters. The number of halogens is 2. The van der Waals surface area contributed by atoms with E-state index in [-0.39, 0.29) is 23.8 Å². The molecule has 1 aliphatic heterocycles. The lowest BCUT2D eigenvalue weighted by Crippen LogP contribution is -2.31. The molecule has 4 heteroatoms. The average molecular weight is 255 g/mol. The first-order chi connectivity index (χ1) is 8.70. The third-order valence-corrected chi connectivity index (χ3v) is 3.42. The molecule has 0 bridgehead atoms. The van der Waals surface area contributed by atoms with Gasteiger partial charge in [-0.15, -0.1) is 0 Å². The Bertz CT molecular complexity index is 403. The van der Waals surface area contributed by atoms with Gasteiger partial charge in [0.1, 0.15) is 11.6 Å². The van der Waals surface area contributed by atoms with E-state index in [1.54, 1.807) is 0 Å². The van der Waals surface area contributed by atoms with Crippen LogP contribution in [0.4, 0.5) is 8.78 Å². The predicted molar refractivity (Wildman–Crippen MR) is 66.4 cm³/mol. The maximum atomic E-state index is 13.9. The van der Waals surface area contributed by atoms with E-state index < -0.39 is 0 Å². The zero-order valence-corrected chi connectivity index (χ0v) is 10.6. The molecule has 1 heterocycles. The van der Waals surface area contributed by atoms with Crippen LogP contribution in [0.5, 0.6) is 0 Å². The highest BCUT2D eigenvalue weighted by molar-refractivity contribution is 5.26. The van der Waals surface area contributed by atoms with E-state index in [2.05, 4.69) is 5.32 Å². The van der Waals surface area contributed by atoms with E-state index in [0.717, 1.165) is 25.9 Å². The number of nitrogens with one attached hydrogen (secondary N) is 1. The van der Waals surface area contributed by atoms with Gasteiger partial charge < -0.3 is 10.1 Å². The molecule has 2 rings (SSSR count). The maximum absolute atomic E-state index is 13.9. The van der Waals surface area contributed by atoms with E-state index >= 15 is 0 Å².